The number of aromatic hydroxyl groups is 1. The number of carboxylic acid groups (broad SMARTS) is 1. The first-order valence-corrected chi connectivity index (χ1v) is 12.9. The molecular formula is C28H31N7O6. The number of nitrogens with one attached hydrogen (secondary N) is 5. The number of fused-ring (bicyclic) bond motifs is 1. The number of phenols is 1. The van der Waals surface area contributed by atoms with Gasteiger partial charge in [-0.05, 0) is 29.3 Å². The van der Waals surface area contributed by atoms with Crippen LogP contribution in [-0.4, -0.2) is 73.5 Å². The number of carbonyl (C=O) groups excluding carboxylic acids is 3. The molecule has 9 N–H and O–H groups in total. The summed E-state index contributed by atoms with van der Waals surface area (Å²) in [6.07, 6.45) is 4.97. The monoisotopic (exact) mass is 561 g/mol. The van der Waals surface area contributed by atoms with E-state index in [0.29, 0.717) is 11.3 Å². The van der Waals surface area contributed by atoms with Crippen molar-refractivity contribution >= 4 is 34.6 Å². The number of amides is 3. The number of imidazole rings is 1. The Morgan fingerprint density at radius 3 is 2.29 bits per heavy atom. The first-order valence-electron chi connectivity index (χ1n) is 12.9. The number of rotatable bonds is 13. The number of hydrogen-bond acceptors (Lipinski definition) is 7. The average Bonchev–Trinajstić information content (AvgIpc) is 3.62. The molecule has 13 heteroatoms. The van der Waals surface area contributed by atoms with E-state index >= 15 is 0 Å². The van der Waals surface area contributed by atoms with E-state index < -0.39 is 48.4 Å². The Bertz CT molecular complexity index is 1500. The summed E-state index contributed by atoms with van der Waals surface area (Å²) in [6.45, 7) is -0.630. The highest BCUT2D eigenvalue weighted by Gasteiger charge is 2.29. The zero-order chi connectivity index (χ0) is 29.4. The predicted molar refractivity (Wildman–Crippen MR) is 149 cm³/mol. The van der Waals surface area contributed by atoms with Crippen LogP contribution in [0.15, 0.2) is 67.3 Å². The number of aromatic amines is 2. The summed E-state index contributed by atoms with van der Waals surface area (Å²) in [5.74, 6) is -3.16. The molecule has 3 unspecified atom stereocenters. The summed E-state index contributed by atoms with van der Waals surface area (Å²) < 4.78 is 0. The van der Waals surface area contributed by atoms with Crippen molar-refractivity contribution in [2.24, 2.45) is 5.73 Å². The number of nitrogens with two attached hydrogens (primary N) is 1. The molecule has 0 saturated carbocycles. The minimum atomic E-state index is -1.24. The van der Waals surface area contributed by atoms with Crippen LogP contribution in [0.2, 0.25) is 0 Å². The second-order valence-electron chi connectivity index (χ2n) is 9.56. The second-order valence-corrected chi connectivity index (χ2v) is 9.56. The average molecular weight is 562 g/mol. The Morgan fingerprint density at radius 1 is 0.878 bits per heavy atom. The molecular weight excluding hydrogens is 530 g/mol. The summed E-state index contributed by atoms with van der Waals surface area (Å²) in [5, 5.41) is 27.2. The van der Waals surface area contributed by atoms with Gasteiger partial charge in [-0.2, -0.15) is 0 Å². The summed E-state index contributed by atoms with van der Waals surface area (Å²) in [6, 6.07) is 10.3. The van der Waals surface area contributed by atoms with Gasteiger partial charge in [0.15, 0.2) is 0 Å². The number of benzene rings is 2. The van der Waals surface area contributed by atoms with E-state index in [1.54, 1.807) is 24.5 Å². The molecule has 4 rings (SSSR count). The number of H-pyrrole nitrogens is 2. The van der Waals surface area contributed by atoms with Crippen LogP contribution in [0.1, 0.15) is 16.8 Å². The maximum absolute atomic E-state index is 13.6. The molecule has 0 radical (unpaired) electrons. The molecule has 0 saturated heterocycles. The van der Waals surface area contributed by atoms with Crippen molar-refractivity contribution in [3.05, 3.63) is 84.1 Å². The van der Waals surface area contributed by atoms with Crippen LogP contribution in [0.4, 0.5) is 0 Å². The molecule has 41 heavy (non-hydrogen) atoms. The largest absolute Gasteiger partial charge is 0.508 e. The Labute approximate surface area is 234 Å². The molecule has 2 heterocycles. The van der Waals surface area contributed by atoms with Crippen LogP contribution < -0.4 is 21.7 Å². The summed E-state index contributed by atoms with van der Waals surface area (Å²) in [4.78, 5) is 60.6. The molecule has 2 aromatic heterocycles. The lowest BCUT2D eigenvalue weighted by Crippen LogP contribution is -2.57. The van der Waals surface area contributed by atoms with Crippen molar-refractivity contribution in [3.8, 4) is 5.75 Å². The highest BCUT2D eigenvalue weighted by molar-refractivity contribution is 5.94. The minimum absolute atomic E-state index is 0.0329. The number of aliphatic carboxylic acids is 1. The Balaban J connectivity index is 1.55. The fraction of sp³-hybridized carbons (Fsp3) is 0.250. The quantitative estimate of drug-likeness (QED) is 0.112. The van der Waals surface area contributed by atoms with Gasteiger partial charge in [-0.25, -0.2) is 4.98 Å². The lowest BCUT2D eigenvalue weighted by Gasteiger charge is -2.24. The second kappa shape index (κ2) is 13.3. The summed E-state index contributed by atoms with van der Waals surface area (Å²) in [7, 11) is 0. The van der Waals surface area contributed by atoms with Crippen molar-refractivity contribution in [2.75, 3.05) is 6.54 Å². The topological polar surface area (TPSA) is 215 Å². The van der Waals surface area contributed by atoms with Gasteiger partial charge < -0.3 is 41.9 Å². The van der Waals surface area contributed by atoms with Crippen LogP contribution in [0, 0.1) is 0 Å². The molecule has 0 aliphatic heterocycles. The van der Waals surface area contributed by atoms with Gasteiger partial charge in [-0.1, -0.05) is 30.3 Å². The zero-order valence-electron chi connectivity index (χ0n) is 22.0. The predicted octanol–water partition coefficient (Wildman–Crippen LogP) is 0.122. The Kier molecular flexibility index (Phi) is 9.32. The van der Waals surface area contributed by atoms with E-state index in [1.807, 2.05) is 24.3 Å². The van der Waals surface area contributed by atoms with Crippen LogP contribution in [0.25, 0.3) is 10.9 Å². The van der Waals surface area contributed by atoms with Gasteiger partial charge in [0.05, 0.1) is 12.4 Å². The number of para-hydroxylation sites is 1. The SMILES string of the molecule is NC(Cc1cnc[nH]1)C(=O)NC(Cc1ccc(O)cc1)C(=O)NC(Cc1c[nH]c2ccccc12)C(=O)NCC(=O)O. The highest BCUT2D eigenvalue weighted by Crippen LogP contribution is 2.19. The fourth-order valence-electron chi connectivity index (χ4n) is 4.37. The van der Waals surface area contributed by atoms with Crippen LogP contribution >= 0.6 is 0 Å². The van der Waals surface area contributed by atoms with Gasteiger partial charge in [0.2, 0.25) is 17.7 Å². The Hall–Kier alpha value is -5.17. The number of nitrogens with zero attached hydrogens (tertiary/aromatic N) is 1. The smallest absolute Gasteiger partial charge is 0.322 e. The molecule has 0 aliphatic carbocycles. The van der Waals surface area contributed by atoms with E-state index in [4.69, 9.17) is 10.8 Å². The van der Waals surface area contributed by atoms with Gasteiger partial charge in [-0.15, -0.1) is 0 Å². The van der Waals surface area contributed by atoms with Crippen molar-refractivity contribution in [2.45, 2.75) is 37.4 Å². The van der Waals surface area contributed by atoms with Crippen molar-refractivity contribution < 1.29 is 29.4 Å². The third kappa shape index (κ3) is 7.92. The van der Waals surface area contributed by atoms with E-state index in [1.165, 1.54) is 18.5 Å². The lowest BCUT2D eigenvalue weighted by molar-refractivity contribution is -0.138. The van der Waals surface area contributed by atoms with Crippen molar-refractivity contribution in [3.63, 3.8) is 0 Å². The van der Waals surface area contributed by atoms with Crippen LogP contribution in [0.5, 0.6) is 5.75 Å². The first kappa shape index (κ1) is 28.8. The molecule has 0 fully saturated rings. The molecule has 214 valence electrons. The minimum Gasteiger partial charge on any atom is -0.508 e. The molecule has 2 aromatic carbocycles. The molecule has 0 spiro atoms. The number of phenolic OH excluding ortho intramolecular Hbond substituents is 1. The molecule has 3 atom stereocenters. The van der Waals surface area contributed by atoms with Gasteiger partial charge in [0.1, 0.15) is 24.4 Å². The molecule has 3 amide bonds. The van der Waals surface area contributed by atoms with E-state index in [0.717, 1.165) is 16.5 Å². The number of aromatic nitrogens is 3. The standard InChI is InChI=1S/C28H31N7O6/c29-21(11-18-13-30-15-33-18)26(39)34-23(9-16-5-7-19(36)8-6-16)28(41)35-24(27(40)32-14-25(37)38)10-17-12-31-22-4-2-1-3-20(17)22/h1-8,12-13,15,21,23-24,31,36H,9-11,14,29H2,(H,30,33)(H,32,40)(H,34,39)(H,35,41)(H,37,38). The number of hydrogen-bond donors (Lipinski definition) is 8. The normalized spacial score (nSPS) is 13.2. The molecule has 0 aliphatic rings. The van der Waals surface area contributed by atoms with E-state index in [2.05, 4.69) is 30.9 Å². The maximum Gasteiger partial charge on any atom is 0.322 e. The summed E-state index contributed by atoms with van der Waals surface area (Å²) >= 11 is 0. The number of carbonyl (C=O) groups is 4. The third-order valence-electron chi connectivity index (χ3n) is 6.49. The Morgan fingerprint density at radius 2 is 1.59 bits per heavy atom. The molecule has 0 bridgehead atoms. The fourth-order valence-corrected chi connectivity index (χ4v) is 4.37. The van der Waals surface area contributed by atoms with Gasteiger partial charge in [0.25, 0.3) is 0 Å². The first-order chi connectivity index (χ1) is 19.7. The van der Waals surface area contributed by atoms with Gasteiger partial charge in [0, 0.05) is 48.3 Å². The van der Waals surface area contributed by atoms with E-state index in [-0.39, 0.29) is 25.0 Å². The zero-order valence-corrected chi connectivity index (χ0v) is 22.0. The van der Waals surface area contributed by atoms with Crippen LogP contribution in [0.3, 0.4) is 0 Å². The van der Waals surface area contributed by atoms with Crippen molar-refractivity contribution in [1.82, 2.24) is 30.9 Å². The third-order valence-corrected chi connectivity index (χ3v) is 6.49. The number of carboxylic acids is 1. The van der Waals surface area contributed by atoms with Crippen molar-refractivity contribution in [1.29, 1.82) is 0 Å². The van der Waals surface area contributed by atoms with Crippen LogP contribution in [-0.2, 0) is 38.4 Å². The molecule has 4 aromatic rings. The molecule has 13 nitrogen and oxygen atoms in total. The van der Waals surface area contributed by atoms with Gasteiger partial charge in [-0.3, -0.25) is 19.2 Å². The maximum atomic E-state index is 13.6. The lowest BCUT2D eigenvalue weighted by atomic mass is 10.0. The highest BCUT2D eigenvalue weighted by atomic mass is 16.4. The summed E-state index contributed by atoms with van der Waals surface area (Å²) in [5.41, 5.74) is 8.92. The van der Waals surface area contributed by atoms with Gasteiger partial charge >= 0.3 is 5.97 Å². The van der Waals surface area contributed by atoms with E-state index in [9.17, 15) is 24.3 Å².